The molecule has 7 N–H and O–H groups in total. The van der Waals surface area contributed by atoms with Crippen molar-refractivity contribution in [1.29, 1.82) is 0 Å². The normalized spacial score (nSPS) is 18.2. The van der Waals surface area contributed by atoms with E-state index in [2.05, 4.69) is 33.9 Å². The topological polar surface area (TPSA) is 177 Å². The zero-order chi connectivity index (χ0) is 23.7. The standard InChI is InChI=1S/C20H28N4O7S/c25-9-15(23-17(27)13-2-1-7-21-13)19(29)22-14(8-11-3-5-12(26)6-4-11)18(28)24-16(10-32)20(30)31/h3-6,13-16,21,25-26,32H,1-2,7-10H2,(H,22,29)(H,23,27)(H,24,28)(H,30,31). The summed E-state index contributed by atoms with van der Waals surface area (Å²) in [4.78, 5) is 49.0. The van der Waals surface area contributed by atoms with Crippen molar-refractivity contribution in [1.82, 2.24) is 21.3 Å². The number of thiol groups is 1. The molecule has 1 aliphatic rings. The molecule has 0 saturated carbocycles. The molecule has 176 valence electrons. The molecule has 0 aromatic heterocycles. The van der Waals surface area contributed by atoms with Crippen LogP contribution in [0.15, 0.2) is 24.3 Å². The molecule has 2 rings (SSSR count). The number of carboxylic acid groups (broad SMARTS) is 1. The summed E-state index contributed by atoms with van der Waals surface area (Å²) < 4.78 is 0. The van der Waals surface area contributed by atoms with Crippen molar-refractivity contribution in [3.05, 3.63) is 29.8 Å². The van der Waals surface area contributed by atoms with Gasteiger partial charge in [-0.15, -0.1) is 0 Å². The van der Waals surface area contributed by atoms with Crippen LogP contribution < -0.4 is 21.3 Å². The van der Waals surface area contributed by atoms with E-state index in [1.165, 1.54) is 12.1 Å². The smallest absolute Gasteiger partial charge is 0.327 e. The van der Waals surface area contributed by atoms with Crippen molar-refractivity contribution in [2.24, 2.45) is 0 Å². The van der Waals surface area contributed by atoms with Gasteiger partial charge in [0, 0.05) is 12.2 Å². The Morgan fingerprint density at radius 3 is 2.19 bits per heavy atom. The Bertz CT molecular complexity index is 815. The Hall–Kier alpha value is -2.83. The molecule has 1 aromatic carbocycles. The van der Waals surface area contributed by atoms with Crippen LogP contribution in [0.2, 0.25) is 0 Å². The van der Waals surface area contributed by atoms with Crippen LogP contribution in [0.3, 0.4) is 0 Å². The molecule has 1 fully saturated rings. The van der Waals surface area contributed by atoms with Crippen LogP contribution >= 0.6 is 12.6 Å². The average molecular weight is 469 g/mol. The van der Waals surface area contributed by atoms with Gasteiger partial charge in [0.2, 0.25) is 17.7 Å². The summed E-state index contributed by atoms with van der Waals surface area (Å²) in [6.07, 6.45) is 1.41. The van der Waals surface area contributed by atoms with Gasteiger partial charge >= 0.3 is 5.97 Å². The van der Waals surface area contributed by atoms with Crippen LogP contribution in [0.4, 0.5) is 0 Å². The van der Waals surface area contributed by atoms with Gasteiger partial charge in [0.15, 0.2) is 0 Å². The molecule has 1 saturated heterocycles. The molecule has 0 spiro atoms. The summed E-state index contributed by atoms with van der Waals surface area (Å²) in [5.74, 6) is -3.43. The van der Waals surface area contributed by atoms with E-state index in [9.17, 15) is 34.5 Å². The molecule has 32 heavy (non-hydrogen) atoms. The Morgan fingerprint density at radius 2 is 1.66 bits per heavy atom. The van der Waals surface area contributed by atoms with E-state index < -0.39 is 54.5 Å². The number of phenols is 1. The molecule has 0 radical (unpaired) electrons. The largest absolute Gasteiger partial charge is 0.508 e. The molecule has 0 bridgehead atoms. The third-order valence-electron chi connectivity index (χ3n) is 5.00. The summed E-state index contributed by atoms with van der Waals surface area (Å²) in [7, 11) is 0. The van der Waals surface area contributed by atoms with Gasteiger partial charge in [0.1, 0.15) is 23.9 Å². The predicted molar refractivity (Wildman–Crippen MR) is 117 cm³/mol. The highest BCUT2D eigenvalue weighted by atomic mass is 32.1. The maximum atomic E-state index is 12.7. The van der Waals surface area contributed by atoms with Gasteiger partial charge in [0.05, 0.1) is 12.6 Å². The van der Waals surface area contributed by atoms with Gasteiger partial charge in [-0.05, 0) is 37.1 Å². The Labute approximate surface area is 190 Å². The highest BCUT2D eigenvalue weighted by molar-refractivity contribution is 7.80. The zero-order valence-electron chi connectivity index (χ0n) is 17.3. The predicted octanol–water partition coefficient (Wildman–Crippen LogP) is -1.85. The lowest BCUT2D eigenvalue weighted by Gasteiger charge is -2.24. The monoisotopic (exact) mass is 468 g/mol. The first-order valence-corrected chi connectivity index (χ1v) is 10.7. The van der Waals surface area contributed by atoms with E-state index in [-0.39, 0.29) is 17.9 Å². The van der Waals surface area contributed by atoms with Crippen LogP contribution in [-0.2, 0) is 25.6 Å². The lowest BCUT2D eigenvalue weighted by Crippen LogP contribution is -2.58. The van der Waals surface area contributed by atoms with Gasteiger partial charge in [-0.3, -0.25) is 14.4 Å². The number of carbonyl (C=O) groups is 4. The lowest BCUT2D eigenvalue weighted by molar-refractivity contribution is -0.141. The molecule has 4 unspecified atom stereocenters. The Kier molecular flexibility index (Phi) is 9.75. The maximum Gasteiger partial charge on any atom is 0.327 e. The summed E-state index contributed by atoms with van der Waals surface area (Å²) in [6, 6.07) is 1.69. The summed E-state index contributed by atoms with van der Waals surface area (Å²) in [5.41, 5.74) is 0.584. The average Bonchev–Trinajstić information content (AvgIpc) is 3.31. The quantitative estimate of drug-likeness (QED) is 0.174. The van der Waals surface area contributed by atoms with E-state index in [4.69, 9.17) is 0 Å². The fourth-order valence-corrected chi connectivity index (χ4v) is 3.43. The van der Waals surface area contributed by atoms with Crippen LogP contribution in [0.5, 0.6) is 5.75 Å². The lowest BCUT2D eigenvalue weighted by atomic mass is 10.0. The van der Waals surface area contributed by atoms with Crippen molar-refractivity contribution >= 4 is 36.3 Å². The third-order valence-corrected chi connectivity index (χ3v) is 5.36. The third kappa shape index (κ3) is 7.39. The number of hydrogen-bond donors (Lipinski definition) is 8. The molecule has 1 heterocycles. The van der Waals surface area contributed by atoms with Gasteiger partial charge in [-0.1, -0.05) is 12.1 Å². The minimum absolute atomic E-state index is 0.0170. The van der Waals surface area contributed by atoms with E-state index in [1.807, 2.05) is 0 Å². The number of aliphatic carboxylic acids is 1. The van der Waals surface area contributed by atoms with Gasteiger partial charge in [0.25, 0.3) is 0 Å². The van der Waals surface area contributed by atoms with Gasteiger partial charge in [-0.25, -0.2) is 4.79 Å². The highest BCUT2D eigenvalue weighted by Gasteiger charge is 2.31. The number of carbonyl (C=O) groups excluding carboxylic acids is 3. The first-order valence-electron chi connectivity index (χ1n) is 10.1. The van der Waals surface area contributed by atoms with Crippen LogP contribution in [0.1, 0.15) is 18.4 Å². The minimum atomic E-state index is -1.29. The Morgan fingerprint density at radius 1 is 1.03 bits per heavy atom. The molecule has 12 heteroatoms. The maximum absolute atomic E-state index is 12.7. The van der Waals surface area contributed by atoms with Crippen LogP contribution in [0, 0.1) is 0 Å². The molecule has 0 aliphatic carbocycles. The van der Waals surface area contributed by atoms with Crippen molar-refractivity contribution in [3.8, 4) is 5.75 Å². The molecule has 4 atom stereocenters. The molecule has 1 aliphatic heterocycles. The first-order chi connectivity index (χ1) is 15.2. The molecular formula is C20H28N4O7S. The molecule has 11 nitrogen and oxygen atoms in total. The molecular weight excluding hydrogens is 440 g/mol. The fourth-order valence-electron chi connectivity index (χ4n) is 3.18. The van der Waals surface area contributed by atoms with Crippen molar-refractivity contribution in [2.75, 3.05) is 18.9 Å². The number of nitrogens with one attached hydrogen (secondary N) is 4. The number of hydrogen-bond acceptors (Lipinski definition) is 8. The zero-order valence-corrected chi connectivity index (χ0v) is 18.2. The second-order valence-electron chi connectivity index (χ2n) is 7.41. The van der Waals surface area contributed by atoms with Gasteiger partial charge in [-0.2, -0.15) is 12.6 Å². The number of carboxylic acids is 1. The number of amides is 3. The number of aliphatic hydroxyl groups is 1. The molecule has 3 amide bonds. The van der Waals surface area contributed by atoms with E-state index in [1.54, 1.807) is 12.1 Å². The highest BCUT2D eigenvalue weighted by Crippen LogP contribution is 2.12. The second-order valence-corrected chi connectivity index (χ2v) is 7.77. The number of aromatic hydroxyl groups is 1. The summed E-state index contributed by atoms with van der Waals surface area (Å²) in [6.45, 7) is -0.00886. The van der Waals surface area contributed by atoms with E-state index >= 15 is 0 Å². The minimum Gasteiger partial charge on any atom is -0.508 e. The SMILES string of the molecule is O=C(O)C(CS)NC(=O)C(Cc1ccc(O)cc1)NC(=O)C(CO)NC(=O)C1CCCN1. The number of rotatable bonds is 11. The van der Waals surface area contributed by atoms with Crippen LogP contribution in [-0.4, -0.2) is 82.1 Å². The molecule has 1 aromatic rings. The first kappa shape index (κ1) is 25.4. The summed E-state index contributed by atoms with van der Waals surface area (Å²) in [5, 5.41) is 38.4. The van der Waals surface area contributed by atoms with E-state index in [0.29, 0.717) is 18.5 Å². The van der Waals surface area contributed by atoms with Crippen LogP contribution in [0.25, 0.3) is 0 Å². The number of phenolic OH excluding ortho intramolecular Hbond substituents is 1. The number of aliphatic hydroxyl groups excluding tert-OH is 1. The Balaban J connectivity index is 2.12. The van der Waals surface area contributed by atoms with Crippen molar-refractivity contribution in [3.63, 3.8) is 0 Å². The summed E-state index contributed by atoms with van der Waals surface area (Å²) >= 11 is 3.91. The van der Waals surface area contributed by atoms with Crippen molar-refractivity contribution < 1.29 is 34.5 Å². The van der Waals surface area contributed by atoms with E-state index in [0.717, 1.165) is 6.42 Å². The second kappa shape index (κ2) is 12.3. The fraction of sp³-hybridized carbons (Fsp3) is 0.500. The number of benzene rings is 1. The van der Waals surface area contributed by atoms with Crippen molar-refractivity contribution in [2.45, 2.75) is 43.4 Å². The van der Waals surface area contributed by atoms with Gasteiger partial charge < -0.3 is 36.6 Å².